The van der Waals surface area contributed by atoms with Crippen LogP contribution in [0.15, 0.2) is 0 Å². The minimum atomic E-state index is -0.829. The molecular weight excluding hydrogens is 504 g/mol. The Morgan fingerprint density at radius 3 is 1.13 bits per heavy atom. The molecule has 6 N–H and O–H groups in total. The van der Waals surface area contributed by atoms with Crippen molar-refractivity contribution in [3.8, 4) is 0 Å². The average Bonchev–Trinajstić information content (AvgIpc) is 2.91. The van der Waals surface area contributed by atoms with Gasteiger partial charge in [0.15, 0.2) is 0 Å². The summed E-state index contributed by atoms with van der Waals surface area (Å²) < 4.78 is 0. The van der Waals surface area contributed by atoms with Crippen molar-refractivity contribution >= 4 is 24.1 Å². The highest BCUT2D eigenvalue weighted by molar-refractivity contribution is 5.73. The summed E-state index contributed by atoms with van der Waals surface area (Å²) in [5, 5.41) is 16.6. The average molecular weight is 559 g/mol. The molecule has 12 heteroatoms. The van der Waals surface area contributed by atoms with Crippen molar-refractivity contribution in [2.45, 2.75) is 103 Å². The molecule has 12 nitrogen and oxygen atoms in total. The molecule has 39 heavy (non-hydrogen) atoms. The lowest BCUT2D eigenvalue weighted by Gasteiger charge is -2.08. The first-order chi connectivity index (χ1) is 19.0. The number of carbonyl (C=O) groups is 4. The van der Waals surface area contributed by atoms with Crippen molar-refractivity contribution < 1.29 is 29.0 Å². The van der Waals surface area contributed by atoms with Crippen LogP contribution in [-0.4, -0.2) is 70.4 Å². The van der Waals surface area contributed by atoms with Gasteiger partial charge in [0.2, 0.25) is 5.91 Å². The van der Waals surface area contributed by atoms with Gasteiger partial charge in [-0.05, 0) is 58.5 Å². The third-order valence-corrected chi connectivity index (χ3v) is 5.99. The lowest BCUT2D eigenvalue weighted by Crippen LogP contribution is -2.36. The van der Waals surface area contributed by atoms with Crippen molar-refractivity contribution in [1.29, 1.82) is 0 Å². The van der Waals surface area contributed by atoms with Gasteiger partial charge in [0.25, 0.3) is 0 Å². The van der Waals surface area contributed by atoms with Gasteiger partial charge in [-0.2, -0.15) is 0 Å². The third kappa shape index (κ3) is 29.6. The van der Waals surface area contributed by atoms with E-state index in [1.807, 2.05) is 7.05 Å². The van der Waals surface area contributed by atoms with Crippen LogP contribution in [0.25, 0.3) is 0 Å². The maximum atomic E-state index is 11.8. The molecule has 0 aliphatic rings. The van der Waals surface area contributed by atoms with E-state index in [0.717, 1.165) is 57.9 Å². The molecule has 0 aliphatic heterocycles. The van der Waals surface area contributed by atoms with Crippen LogP contribution in [-0.2, 0) is 14.6 Å². The molecule has 0 rings (SSSR count). The summed E-state index contributed by atoms with van der Waals surface area (Å²) in [6, 6.07) is -0.140. The van der Waals surface area contributed by atoms with Gasteiger partial charge < -0.3 is 31.9 Å². The highest BCUT2D eigenvalue weighted by atomic mass is 17.2. The van der Waals surface area contributed by atoms with Crippen LogP contribution in [0.1, 0.15) is 103 Å². The van der Waals surface area contributed by atoms with Gasteiger partial charge in [-0.1, -0.05) is 51.4 Å². The van der Waals surface area contributed by atoms with Crippen LogP contribution in [0, 0.1) is 0 Å². The van der Waals surface area contributed by atoms with Crippen LogP contribution in [0.5, 0.6) is 0 Å². The van der Waals surface area contributed by atoms with Gasteiger partial charge in [0, 0.05) is 39.6 Å². The summed E-state index contributed by atoms with van der Waals surface area (Å²) in [5.74, 6) is -0.0365. The Bertz CT molecular complexity index is 638. The Labute approximate surface area is 234 Å². The smallest absolute Gasteiger partial charge is 0.356 e. The second-order valence-electron chi connectivity index (χ2n) is 9.67. The predicted octanol–water partition coefficient (Wildman–Crippen LogP) is 3.86. The number of hydrogen-bond donors (Lipinski definition) is 6. The first-order valence-electron chi connectivity index (χ1n) is 14.8. The van der Waals surface area contributed by atoms with E-state index in [1.165, 1.54) is 45.4 Å². The van der Waals surface area contributed by atoms with Crippen molar-refractivity contribution in [3.63, 3.8) is 0 Å². The van der Waals surface area contributed by atoms with E-state index in [4.69, 9.17) is 0 Å². The molecule has 0 aliphatic carbocycles. The Kier molecular flexibility index (Phi) is 26.3. The second kappa shape index (κ2) is 28.3. The van der Waals surface area contributed by atoms with Gasteiger partial charge in [-0.15, -0.1) is 0 Å². The standard InChI is InChI=1S/C27H54N6O6/c1-24(34)29-19-13-9-10-15-22-32-26(36)38-39-27(37)33-23-17-11-16-21-31-25(35)30-20-14-8-6-4-3-5-7-12-18-28-2/h28H,3-23H2,1-2H3,(H,29,34)(H,32,36)(H,33,37)(H2,30,31,35). The Hall–Kier alpha value is -2.76. The van der Waals surface area contributed by atoms with E-state index < -0.39 is 12.2 Å². The molecule has 0 heterocycles. The van der Waals surface area contributed by atoms with E-state index in [0.29, 0.717) is 39.1 Å². The van der Waals surface area contributed by atoms with Gasteiger partial charge >= 0.3 is 18.2 Å². The molecule has 0 unspecified atom stereocenters. The largest absolute Gasteiger partial charge is 0.450 e. The summed E-state index contributed by atoms with van der Waals surface area (Å²) >= 11 is 0. The molecule has 0 aromatic carbocycles. The lowest BCUT2D eigenvalue weighted by molar-refractivity contribution is -0.178. The molecule has 0 spiro atoms. The lowest BCUT2D eigenvalue weighted by atomic mass is 10.1. The van der Waals surface area contributed by atoms with E-state index in [1.54, 1.807) is 0 Å². The minimum Gasteiger partial charge on any atom is -0.356 e. The van der Waals surface area contributed by atoms with E-state index in [9.17, 15) is 19.2 Å². The van der Waals surface area contributed by atoms with Crippen LogP contribution < -0.4 is 31.9 Å². The Morgan fingerprint density at radius 1 is 0.436 bits per heavy atom. The second-order valence-corrected chi connectivity index (χ2v) is 9.67. The number of hydrogen-bond acceptors (Lipinski definition) is 7. The van der Waals surface area contributed by atoms with Crippen LogP contribution >= 0.6 is 0 Å². The molecule has 228 valence electrons. The molecule has 0 saturated carbocycles. The van der Waals surface area contributed by atoms with Crippen molar-refractivity contribution in [1.82, 2.24) is 31.9 Å². The molecule has 0 aromatic heterocycles. The zero-order chi connectivity index (χ0) is 28.8. The van der Waals surface area contributed by atoms with Gasteiger partial charge in [0.05, 0.1) is 0 Å². The van der Waals surface area contributed by atoms with Crippen molar-refractivity contribution in [3.05, 3.63) is 0 Å². The van der Waals surface area contributed by atoms with Crippen LogP contribution in [0.3, 0.4) is 0 Å². The van der Waals surface area contributed by atoms with Crippen molar-refractivity contribution in [2.24, 2.45) is 0 Å². The number of unbranched alkanes of at least 4 members (excludes halogenated alkanes) is 12. The zero-order valence-corrected chi connectivity index (χ0v) is 24.3. The normalized spacial score (nSPS) is 10.4. The fraction of sp³-hybridized carbons (Fsp3) is 0.852. The van der Waals surface area contributed by atoms with Gasteiger partial charge in [-0.25, -0.2) is 24.2 Å². The van der Waals surface area contributed by atoms with E-state index in [2.05, 4.69) is 41.7 Å². The number of urea groups is 1. The van der Waals surface area contributed by atoms with E-state index >= 15 is 0 Å². The maximum absolute atomic E-state index is 11.8. The molecular formula is C27H54N6O6. The highest BCUT2D eigenvalue weighted by Crippen LogP contribution is 2.08. The third-order valence-electron chi connectivity index (χ3n) is 5.99. The quantitative estimate of drug-likeness (QED) is 0.0596. The predicted molar refractivity (Wildman–Crippen MR) is 152 cm³/mol. The summed E-state index contributed by atoms with van der Waals surface area (Å²) in [7, 11) is 1.99. The summed E-state index contributed by atoms with van der Waals surface area (Å²) in [6.45, 7) is 5.30. The molecule has 0 fully saturated rings. The Balaban J connectivity index is 3.38. The van der Waals surface area contributed by atoms with Crippen molar-refractivity contribution in [2.75, 3.05) is 46.3 Å². The highest BCUT2D eigenvalue weighted by Gasteiger charge is 2.08. The van der Waals surface area contributed by atoms with Crippen LogP contribution in [0.4, 0.5) is 14.4 Å². The molecule has 0 saturated heterocycles. The number of carbonyl (C=O) groups excluding carboxylic acids is 4. The molecule has 0 atom stereocenters. The summed E-state index contributed by atoms with van der Waals surface area (Å²) in [4.78, 5) is 54.5. The van der Waals surface area contributed by atoms with Gasteiger partial charge in [-0.3, -0.25) is 4.79 Å². The summed E-state index contributed by atoms with van der Waals surface area (Å²) in [6.07, 6.45) is 14.0. The molecule has 0 bridgehead atoms. The fourth-order valence-corrected chi connectivity index (χ4v) is 3.76. The van der Waals surface area contributed by atoms with E-state index in [-0.39, 0.29) is 11.9 Å². The number of nitrogens with one attached hydrogen (secondary N) is 6. The molecule has 5 amide bonds. The topological polar surface area (TPSA) is 159 Å². The number of amides is 5. The minimum absolute atomic E-state index is 0.0365. The first-order valence-corrected chi connectivity index (χ1v) is 14.8. The van der Waals surface area contributed by atoms with Gasteiger partial charge in [0.1, 0.15) is 0 Å². The maximum Gasteiger partial charge on any atom is 0.450 e. The summed E-state index contributed by atoms with van der Waals surface area (Å²) in [5.41, 5.74) is 0. The molecule has 0 radical (unpaired) electrons. The SMILES string of the molecule is CNCCCCCCCCCCNC(=O)NCCCCCNC(=O)OOC(=O)NCCCCCCNC(C)=O. The zero-order valence-electron chi connectivity index (χ0n) is 24.3. The first kappa shape index (κ1) is 36.2. The van der Waals surface area contributed by atoms with Crippen LogP contribution in [0.2, 0.25) is 0 Å². The molecule has 0 aromatic rings. The fourth-order valence-electron chi connectivity index (χ4n) is 3.76. The monoisotopic (exact) mass is 558 g/mol. The number of rotatable bonds is 24. The Morgan fingerprint density at radius 2 is 0.744 bits per heavy atom.